The third-order valence-corrected chi connectivity index (χ3v) is 2.44. The van der Waals surface area contributed by atoms with Crippen LogP contribution in [-0.2, 0) is 0 Å². The number of rotatable bonds is 3. The summed E-state index contributed by atoms with van der Waals surface area (Å²) in [6.45, 7) is 0. The third-order valence-electron chi connectivity index (χ3n) is 2.44. The highest BCUT2D eigenvalue weighted by atomic mass is 35.5. The molecule has 2 aromatic rings. The van der Waals surface area contributed by atoms with E-state index in [1.807, 2.05) is 24.4 Å². The number of H-pyrrole nitrogens is 1. The molecule has 5 heteroatoms. The zero-order chi connectivity index (χ0) is 10.8. The first-order valence-electron chi connectivity index (χ1n) is 4.77. The lowest BCUT2D eigenvalue weighted by Crippen LogP contribution is -2.13. The average Bonchev–Trinajstić information content (AvgIpc) is 2.62. The van der Waals surface area contributed by atoms with Gasteiger partial charge in [-0.05, 0) is 23.1 Å². The molecule has 0 fully saturated rings. The highest BCUT2D eigenvalue weighted by Crippen LogP contribution is 2.22. The van der Waals surface area contributed by atoms with Crippen molar-refractivity contribution in [1.29, 1.82) is 0 Å². The van der Waals surface area contributed by atoms with E-state index in [0.29, 0.717) is 0 Å². The first-order valence-corrected chi connectivity index (χ1v) is 4.77. The summed E-state index contributed by atoms with van der Waals surface area (Å²) in [5, 5.41) is 1.06. The predicted molar refractivity (Wildman–Crippen MR) is 63.1 cm³/mol. The highest BCUT2D eigenvalue weighted by Gasteiger charge is 2.13. The van der Waals surface area contributed by atoms with Gasteiger partial charge in [-0.1, -0.05) is 12.1 Å². The Balaban J connectivity index is 0.00000128. The fraction of sp³-hybridized carbons (Fsp3) is 0.273. The first-order chi connectivity index (χ1) is 7.16. The molecule has 1 atom stereocenters. The molecular weight excluding hydrogens is 234 g/mol. The minimum Gasteiger partial charge on any atom is -0.361 e. The molecule has 0 saturated heterocycles. The lowest BCUT2D eigenvalue weighted by molar-refractivity contribution is 0.128. The zero-order valence-corrected chi connectivity index (χ0v) is 9.31. The molecule has 0 aliphatic heterocycles. The number of halogens is 3. The predicted octanol–water partition coefficient (Wildman–Crippen LogP) is 3.24. The largest absolute Gasteiger partial charge is 0.361 e. The average molecular weight is 247 g/mol. The molecule has 88 valence electrons. The molecule has 0 unspecified atom stereocenters. The van der Waals surface area contributed by atoms with Crippen LogP contribution < -0.4 is 5.73 Å². The number of fused-ring (bicyclic) bond motifs is 1. The molecule has 0 aliphatic rings. The summed E-state index contributed by atoms with van der Waals surface area (Å²) in [5.74, 6) is 0. The Labute approximate surface area is 98.2 Å². The van der Waals surface area contributed by atoms with Crippen LogP contribution in [0.4, 0.5) is 8.78 Å². The van der Waals surface area contributed by atoms with E-state index in [1.54, 1.807) is 6.07 Å². The maximum Gasteiger partial charge on any atom is 0.240 e. The van der Waals surface area contributed by atoms with Crippen molar-refractivity contribution in [2.75, 3.05) is 0 Å². The lowest BCUT2D eigenvalue weighted by Gasteiger charge is -2.11. The van der Waals surface area contributed by atoms with Crippen molar-refractivity contribution in [1.82, 2.24) is 4.98 Å². The molecule has 0 amide bonds. The van der Waals surface area contributed by atoms with Crippen molar-refractivity contribution in [3.63, 3.8) is 0 Å². The Hall–Kier alpha value is -1.13. The second-order valence-corrected chi connectivity index (χ2v) is 3.56. The van der Waals surface area contributed by atoms with E-state index >= 15 is 0 Å². The van der Waals surface area contributed by atoms with Gasteiger partial charge in [0, 0.05) is 24.2 Å². The van der Waals surface area contributed by atoms with Gasteiger partial charge in [0.2, 0.25) is 6.43 Å². The van der Waals surface area contributed by atoms with Gasteiger partial charge in [0.25, 0.3) is 0 Å². The van der Waals surface area contributed by atoms with E-state index in [1.165, 1.54) is 0 Å². The van der Waals surface area contributed by atoms with Crippen molar-refractivity contribution >= 4 is 23.3 Å². The van der Waals surface area contributed by atoms with Gasteiger partial charge in [-0.3, -0.25) is 0 Å². The van der Waals surface area contributed by atoms with Crippen LogP contribution in [-0.4, -0.2) is 11.4 Å². The van der Waals surface area contributed by atoms with Crippen molar-refractivity contribution in [3.05, 3.63) is 36.0 Å². The topological polar surface area (TPSA) is 41.8 Å². The molecule has 1 heterocycles. The first kappa shape index (κ1) is 12.9. The summed E-state index contributed by atoms with van der Waals surface area (Å²) < 4.78 is 24.3. The van der Waals surface area contributed by atoms with E-state index in [4.69, 9.17) is 5.73 Å². The number of aromatic amines is 1. The van der Waals surface area contributed by atoms with Crippen LogP contribution in [0.25, 0.3) is 10.9 Å². The molecule has 2 rings (SSSR count). The molecule has 0 radical (unpaired) electrons. The summed E-state index contributed by atoms with van der Waals surface area (Å²) in [5.41, 5.74) is 7.33. The molecule has 0 bridgehead atoms. The maximum absolute atomic E-state index is 12.1. The van der Waals surface area contributed by atoms with Crippen molar-refractivity contribution in [3.8, 4) is 0 Å². The monoisotopic (exact) mass is 246 g/mol. The Morgan fingerprint density at radius 1 is 1.25 bits per heavy atom. The summed E-state index contributed by atoms with van der Waals surface area (Å²) >= 11 is 0. The number of alkyl halides is 2. The number of aromatic nitrogens is 1. The van der Waals surface area contributed by atoms with E-state index in [-0.39, 0.29) is 18.8 Å². The van der Waals surface area contributed by atoms with Gasteiger partial charge in [-0.2, -0.15) is 0 Å². The quantitative estimate of drug-likeness (QED) is 0.858. The lowest BCUT2D eigenvalue weighted by atomic mass is 10.0. The molecule has 1 aromatic carbocycles. The fourth-order valence-corrected chi connectivity index (χ4v) is 1.62. The maximum atomic E-state index is 12.1. The van der Waals surface area contributed by atoms with Crippen LogP contribution in [0.3, 0.4) is 0 Å². The smallest absolute Gasteiger partial charge is 0.240 e. The van der Waals surface area contributed by atoms with Crippen LogP contribution in [0.5, 0.6) is 0 Å². The van der Waals surface area contributed by atoms with E-state index < -0.39 is 12.5 Å². The zero-order valence-electron chi connectivity index (χ0n) is 8.49. The number of hydrogen-bond acceptors (Lipinski definition) is 1. The Kier molecular flexibility index (Phi) is 4.26. The Morgan fingerprint density at radius 2 is 2.00 bits per heavy atom. The number of nitrogens with one attached hydrogen (secondary N) is 1. The van der Waals surface area contributed by atoms with Gasteiger partial charge in [0.05, 0.1) is 0 Å². The SMILES string of the molecule is Cl.N[C@@H](CC(F)F)c1ccc2cc[nH]c2c1. The molecule has 0 aliphatic carbocycles. The van der Waals surface area contributed by atoms with Crippen molar-refractivity contribution in [2.45, 2.75) is 18.9 Å². The minimum atomic E-state index is -2.36. The number of benzene rings is 1. The van der Waals surface area contributed by atoms with Gasteiger partial charge >= 0.3 is 0 Å². The Bertz CT molecular complexity index is 456. The molecular formula is C11H13ClF2N2. The van der Waals surface area contributed by atoms with E-state index in [0.717, 1.165) is 16.5 Å². The molecule has 2 nitrogen and oxygen atoms in total. The van der Waals surface area contributed by atoms with Gasteiger partial charge < -0.3 is 10.7 Å². The third kappa shape index (κ3) is 2.71. The van der Waals surface area contributed by atoms with Crippen LogP contribution >= 0.6 is 12.4 Å². The summed E-state index contributed by atoms with van der Waals surface area (Å²) in [6, 6.07) is 6.83. The number of hydrogen-bond donors (Lipinski definition) is 2. The van der Waals surface area contributed by atoms with Gasteiger partial charge in [-0.25, -0.2) is 8.78 Å². The standard InChI is InChI=1S/C11H12F2N2.ClH/c12-11(13)6-9(14)8-2-1-7-3-4-15-10(7)5-8;/h1-5,9,11,15H,6,14H2;1H/t9-;/m0./s1. The van der Waals surface area contributed by atoms with Crippen LogP contribution in [0.1, 0.15) is 18.0 Å². The van der Waals surface area contributed by atoms with Gasteiger partial charge in [0.15, 0.2) is 0 Å². The van der Waals surface area contributed by atoms with E-state index in [9.17, 15) is 8.78 Å². The van der Waals surface area contributed by atoms with Crippen molar-refractivity contribution < 1.29 is 8.78 Å². The normalized spacial score (nSPS) is 12.8. The molecule has 3 N–H and O–H groups in total. The van der Waals surface area contributed by atoms with Crippen LogP contribution in [0, 0.1) is 0 Å². The minimum absolute atomic E-state index is 0. The fourth-order valence-electron chi connectivity index (χ4n) is 1.62. The summed E-state index contributed by atoms with van der Waals surface area (Å²) in [4.78, 5) is 3.03. The molecule has 16 heavy (non-hydrogen) atoms. The van der Waals surface area contributed by atoms with Crippen LogP contribution in [0.2, 0.25) is 0 Å². The van der Waals surface area contributed by atoms with E-state index in [2.05, 4.69) is 4.98 Å². The summed E-state index contributed by atoms with van der Waals surface area (Å²) in [7, 11) is 0. The Morgan fingerprint density at radius 3 is 2.69 bits per heavy atom. The van der Waals surface area contributed by atoms with Gasteiger partial charge in [-0.15, -0.1) is 12.4 Å². The summed E-state index contributed by atoms with van der Waals surface area (Å²) in [6.07, 6.45) is -0.849. The molecule has 0 saturated carbocycles. The second-order valence-electron chi connectivity index (χ2n) is 3.56. The van der Waals surface area contributed by atoms with Crippen molar-refractivity contribution in [2.24, 2.45) is 5.73 Å². The highest BCUT2D eigenvalue weighted by molar-refractivity contribution is 5.85. The second kappa shape index (κ2) is 5.27. The van der Waals surface area contributed by atoms with Crippen LogP contribution in [0.15, 0.2) is 30.5 Å². The number of nitrogens with two attached hydrogens (primary N) is 1. The van der Waals surface area contributed by atoms with Gasteiger partial charge in [0.1, 0.15) is 0 Å². The molecule has 1 aromatic heterocycles. The molecule has 0 spiro atoms.